The van der Waals surface area contributed by atoms with Gasteiger partial charge >= 0.3 is 0 Å². The van der Waals surface area contributed by atoms with E-state index in [4.69, 9.17) is 4.42 Å². The standard InChI is InChI=1S/C19H24N2O4S/c1-16-4-2-5-17(14-16)15-26(23,24)21-11-9-20(10-12-21)19(22)8-7-18-6-3-13-25-18/h2-6,13-14H,7-12,15H2,1H3. The van der Waals surface area contributed by atoms with E-state index in [1.54, 1.807) is 17.2 Å². The Labute approximate surface area is 154 Å². The lowest BCUT2D eigenvalue weighted by Gasteiger charge is -2.34. The third kappa shape index (κ3) is 4.74. The average Bonchev–Trinajstić information content (AvgIpc) is 3.13. The molecule has 0 atom stereocenters. The van der Waals surface area contributed by atoms with Gasteiger partial charge in [-0.25, -0.2) is 8.42 Å². The first-order valence-electron chi connectivity index (χ1n) is 8.77. The molecule has 140 valence electrons. The fourth-order valence-corrected chi connectivity index (χ4v) is 4.67. The second kappa shape index (κ2) is 8.05. The number of amides is 1. The molecule has 0 unspecified atom stereocenters. The summed E-state index contributed by atoms with van der Waals surface area (Å²) in [7, 11) is -3.37. The van der Waals surface area contributed by atoms with Crippen molar-refractivity contribution in [2.24, 2.45) is 0 Å². The molecule has 3 rings (SSSR count). The maximum absolute atomic E-state index is 12.6. The molecule has 0 bridgehead atoms. The molecule has 1 saturated heterocycles. The van der Waals surface area contributed by atoms with Gasteiger partial charge in [-0.15, -0.1) is 0 Å². The smallest absolute Gasteiger partial charge is 0.223 e. The van der Waals surface area contributed by atoms with Crippen molar-refractivity contribution in [3.8, 4) is 0 Å². The van der Waals surface area contributed by atoms with E-state index in [0.29, 0.717) is 39.0 Å². The monoisotopic (exact) mass is 376 g/mol. The van der Waals surface area contributed by atoms with Crippen molar-refractivity contribution in [1.29, 1.82) is 0 Å². The van der Waals surface area contributed by atoms with Gasteiger partial charge in [0, 0.05) is 39.0 Å². The molecule has 1 aliphatic heterocycles. The van der Waals surface area contributed by atoms with E-state index < -0.39 is 10.0 Å². The zero-order valence-corrected chi connectivity index (χ0v) is 15.7. The summed E-state index contributed by atoms with van der Waals surface area (Å²) in [4.78, 5) is 14.0. The van der Waals surface area contributed by atoms with Gasteiger partial charge in [0.1, 0.15) is 5.76 Å². The van der Waals surface area contributed by atoms with Crippen LogP contribution in [0.25, 0.3) is 0 Å². The van der Waals surface area contributed by atoms with E-state index in [1.165, 1.54) is 4.31 Å². The van der Waals surface area contributed by atoms with Crippen LogP contribution in [0.2, 0.25) is 0 Å². The van der Waals surface area contributed by atoms with E-state index in [1.807, 2.05) is 37.3 Å². The summed E-state index contributed by atoms with van der Waals surface area (Å²) >= 11 is 0. The largest absolute Gasteiger partial charge is 0.469 e. The molecule has 1 aromatic heterocycles. The second-order valence-electron chi connectivity index (χ2n) is 6.60. The molecule has 0 saturated carbocycles. The molecule has 6 nitrogen and oxygen atoms in total. The molecule has 2 aromatic rings. The first-order valence-corrected chi connectivity index (χ1v) is 10.4. The first-order chi connectivity index (χ1) is 12.4. The van der Waals surface area contributed by atoms with Crippen LogP contribution in [-0.2, 0) is 27.0 Å². The number of hydrogen-bond donors (Lipinski definition) is 0. The highest BCUT2D eigenvalue weighted by Crippen LogP contribution is 2.15. The van der Waals surface area contributed by atoms with Crippen molar-refractivity contribution in [3.63, 3.8) is 0 Å². The summed E-state index contributed by atoms with van der Waals surface area (Å²) in [6.45, 7) is 3.51. The molecule has 1 aliphatic rings. The van der Waals surface area contributed by atoms with E-state index in [2.05, 4.69) is 0 Å². The van der Waals surface area contributed by atoms with Crippen LogP contribution in [0, 0.1) is 6.92 Å². The van der Waals surface area contributed by atoms with Crippen molar-refractivity contribution in [3.05, 3.63) is 59.5 Å². The molecule has 26 heavy (non-hydrogen) atoms. The van der Waals surface area contributed by atoms with Crippen molar-refractivity contribution >= 4 is 15.9 Å². The molecule has 1 aromatic carbocycles. The summed E-state index contributed by atoms with van der Waals surface area (Å²) in [5, 5.41) is 0. The number of carbonyl (C=O) groups is 1. The summed E-state index contributed by atoms with van der Waals surface area (Å²) < 4.78 is 32.0. The van der Waals surface area contributed by atoms with Crippen LogP contribution in [0.1, 0.15) is 23.3 Å². The van der Waals surface area contributed by atoms with Gasteiger partial charge in [0.2, 0.25) is 15.9 Å². The molecule has 2 heterocycles. The molecule has 1 fully saturated rings. The minimum atomic E-state index is -3.37. The quantitative estimate of drug-likeness (QED) is 0.775. The van der Waals surface area contributed by atoms with Gasteiger partial charge in [0.15, 0.2) is 0 Å². The summed E-state index contributed by atoms with van der Waals surface area (Å²) in [6, 6.07) is 11.2. The highest BCUT2D eigenvalue weighted by Gasteiger charge is 2.28. The Kier molecular flexibility index (Phi) is 5.78. The SMILES string of the molecule is Cc1cccc(CS(=O)(=O)N2CCN(C(=O)CCc3ccco3)CC2)c1. The highest BCUT2D eigenvalue weighted by molar-refractivity contribution is 7.88. The average molecular weight is 376 g/mol. The van der Waals surface area contributed by atoms with Crippen molar-refractivity contribution in [2.75, 3.05) is 26.2 Å². The molecule has 0 radical (unpaired) electrons. The van der Waals surface area contributed by atoms with Crippen LogP contribution in [0.3, 0.4) is 0 Å². The zero-order valence-electron chi connectivity index (χ0n) is 14.9. The van der Waals surface area contributed by atoms with E-state index in [0.717, 1.165) is 16.9 Å². The Balaban J connectivity index is 1.51. The van der Waals surface area contributed by atoms with E-state index in [9.17, 15) is 13.2 Å². The van der Waals surface area contributed by atoms with Gasteiger partial charge in [0.25, 0.3) is 0 Å². The number of sulfonamides is 1. The molecular formula is C19H24N2O4S. The molecule has 0 aliphatic carbocycles. The normalized spacial score (nSPS) is 16.0. The number of benzene rings is 1. The third-order valence-electron chi connectivity index (χ3n) is 4.58. The number of aryl methyl sites for hydroxylation is 2. The van der Waals surface area contributed by atoms with Crippen LogP contribution in [-0.4, -0.2) is 49.7 Å². The summed E-state index contributed by atoms with van der Waals surface area (Å²) in [5.74, 6) is 0.830. The lowest BCUT2D eigenvalue weighted by atomic mass is 10.2. The highest BCUT2D eigenvalue weighted by atomic mass is 32.2. The topological polar surface area (TPSA) is 70.8 Å². The van der Waals surface area contributed by atoms with Crippen molar-refractivity contribution in [2.45, 2.75) is 25.5 Å². The summed E-state index contributed by atoms with van der Waals surface area (Å²) in [6.07, 6.45) is 2.54. The number of hydrogen-bond acceptors (Lipinski definition) is 4. The molecule has 0 N–H and O–H groups in total. The molecule has 1 amide bonds. The van der Waals surface area contributed by atoms with Crippen LogP contribution in [0.5, 0.6) is 0 Å². The lowest BCUT2D eigenvalue weighted by Crippen LogP contribution is -2.50. The van der Waals surface area contributed by atoms with E-state index >= 15 is 0 Å². The van der Waals surface area contributed by atoms with Crippen LogP contribution in [0.15, 0.2) is 47.1 Å². The Morgan fingerprint density at radius 3 is 2.54 bits per heavy atom. The number of nitrogens with zero attached hydrogens (tertiary/aromatic N) is 2. The first kappa shape index (κ1) is 18.7. The van der Waals surface area contributed by atoms with Gasteiger partial charge in [-0.1, -0.05) is 29.8 Å². The Bertz CT molecular complexity index is 838. The maximum atomic E-state index is 12.6. The molecule has 7 heteroatoms. The number of piperazine rings is 1. The minimum Gasteiger partial charge on any atom is -0.469 e. The second-order valence-corrected chi connectivity index (χ2v) is 8.57. The van der Waals surface area contributed by atoms with Crippen molar-refractivity contribution < 1.29 is 17.6 Å². The number of carbonyl (C=O) groups excluding carboxylic acids is 1. The Morgan fingerprint density at radius 2 is 1.88 bits per heavy atom. The van der Waals surface area contributed by atoms with E-state index in [-0.39, 0.29) is 11.7 Å². The Morgan fingerprint density at radius 1 is 1.12 bits per heavy atom. The van der Waals surface area contributed by atoms with Gasteiger partial charge < -0.3 is 9.32 Å². The molecule has 0 spiro atoms. The van der Waals surface area contributed by atoms with Gasteiger partial charge in [-0.2, -0.15) is 4.31 Å². The fourth-order valence-electron chi connectivity index (χ4n) is 3.16. The van der Waals surface area contributed by atoms with Gasteiger partial charge in [-0.05, 0) is 24.6 Å². The predicted octanol–water partition coefficient (Wildman–Crippen LogP) is 2.19. The minimum absolute atomic E-state index is 0.00111. The lowest BCUT2D eigenvalue weighted by molar-refractivity contribution is -0.132. The predicted molar refractivity (Wildman–Crippen MR) is 99.0 cm³/mol. The van der Waals surface area contributed by atoms with Gasteiger partial charge in [0.05, 0.1) is 12.0 Å². The van der Waals surface area contributed by atoms with Crippen molar-refractivity contribution in [1.82, 2.24) is 9.21 Å². The maximum Gasteiger partial charge on any atom is 0.223 e. The van der Waals surface area contributed by atoms with Crippen LogP contribution >= 0.6 is 0 Å². The third-order valence-corrected chi connectivity index (χ3v) is 6.43. The van der Waals surface area contributed by atoms with Crippen LogP contribution < -0.4 is 0 Å². The molecular weight excluding hydrogens is 352 g/mol. The number of furan rings is 1. The number of rotatable bonds is 6. The van der Waals surface area contributed by atoms with Gasteiger partial charge in [-0.3, -0.25) is 4.79 Å². The summed E-state index contributed by atoms with van der Waals surface area (Å²) in [5.41, 5.74) is 1.84. The Hall–Kier alpha value is -2.12. The fraction of sp³-hybridized carbons (Fsp3) is 0.421. The zero-order chi connectivity index (χ0) is 18.6. The van der Waals surface area contributed by atoms with Crippen LogP contribution in [0.4, 0.5) is 0 Å².